The number of aromatic nitrogens is 1. The molecule has 22 heavy (non-hydrogen) atoms. The molecular weight excluding hydrogens is 332 g/mol. The summed E-state index contributed by atoms with van der Waals surface area (Å²) in [6, 6.07) is 17.0. The van der Waals surface area contributed by atoms with E-state index in [1.54, 1.807) is 11.8 Å². The van der Waals surface area contributed by atoms with Gasteiger partial charge in [0.1, 0.15) is 0 Å². The molecule has 112 valence electrons. The SMILES string of the molecule is CSc1ccccc1-c1ccc(NCc2cnc(Cl)s2)cc1. The van der Waals surface area contributed by atoms with Crippen molar-refractivity contribution in [1.29, 1.82) is 0 Å². The highest BCUT2D eigenvalue weighted by molar-refractivity contribution is 7.98. The second kappa shape index (κ2) is 7.18. The van der Waals surface area contributed by atoms with E-state index in [0.29, 0.717) is 4.47 Å². The summed E-state index contributed by atoms with van der Waals surface area (Å²) in [5, 5.41) is 3.39. The smallest absolute Gasteiger partial charge is 0.183 e. The predicted octanol–water partition coefficient (Wildman–Crippen LogP) is 5.80. The van der Waals surface area contributed by atoms with Crippen molar-refractivity contribution in [1.82, 2.24) is 4.98 Å². The lowest BCUT2D eigenvalue weighted by atomic mass is 10.1. The van der Waals surface area contributed by atoms with Crippen LogP contribution in [0.25, 0.3) is 11.1 Å². The topological polar surface area (TPSA) is 24.9 Å². The van der Waals surface area contributed by atoms with Crippen molar-refractivity contribution in [2.24, 2.45) is 0 Å². The number of benzene rings is 2. The highest BCUT2D eigenvalue weighted by atomic mass is 35.5. The van der Waals surface area contributed by atoms with Gasteiger partial charge in [-0.3, -0.25) is 0 Å². The molecule has 0 saturated carbocycles. The number of hydrogen-bond donors (Lipinski definition) is 1. The number of nitrogens with zero attached hydrogens (tertiary/aromatic N) is 1. The Bertz CT molecular complexity index is 753. The largest absolute Gasteiger partial charge is 0.380 e. The van der Waals surface area contributed by atoms with Gasteiger partial charge < -0.3 is 5.32 Å². The summed E-state index contributed by atoms with van der Waals surface area (Å²) in [7, 11) is 0. The Morgan fingerprint density at radius 1 is 1.14 bits per heavy atom. The maximum absolute atomic E-state index is 5.84. The minimum absolute atomic E-state index is 0.584. The average Bonchev–Trinajstić information content (AvgIpc) is 2.99. The zero-order valence-corrected chi connectivity index (χ0v) is 14.4. The van der Waals surface area contributed by atoms with Crippen LogP contribution in [0.15, 0.2) is 59.6 Å². The van der Waals surface area contributed by atoms with Gasteiger partial charge in [0.25, 0.3) is 0 Å². The molecule has 0 amide bonds. The number of thioether (sulfide) groups is 1. The number of anilines is 1. The van der Waals surface area contributed by atoms with E-state index >= 15 is 0 Å². The molecule has 1 N–H and O–H groups in total. The number of rotatable bonds is 5. The number of hydrogen-bond acceptors (Lipinski definition) is 4. The molecule has 0 atom stereocenters. The van der Waals surface area contributed by atoms with Gasteiger partial charge in [0.15, 0.2) is 4.47 Å². The van der Waals surface area contributed by atoms with Crippen LogP contribution >= 0.6 is 34.7 Å². The van der Waals surface area contributed by atoms with Gasteiger partial charge in [0.05, 0.1) is 6.54 Å². The van der Waals surface area contributed by atoms with E-state index in [4.69, 9.17) is 11.6 Å². The zero-order chi connectivity index (χ0) is 15.4. The second-order valence-electron chi connectivity index (χ2n) is 4.71. The molecule has 0 saturated heterocycles. The summed E-state index contributed by atoms with van der Waals surface area (Å²) in [6.07, 6.45) is 3.91. The first-order chi connectivity index (χ1) is 10.8. The van der Waals surface area contributed by atoms with E-state index in [2.05, 4.69) is 65.1 Å². The normalized spacial score (nSPS) is 10.6. The Morgan fingerprint density at radius 2 is 1.91 bits per heavy atom. The maximum Gasteiger partial charge on any atom is 0.183 e. The Balaban J connectivity index is 1.72. The monoisotopic (exact) mass is 346 g/mol. The lowest BCUT2D eigenvalue weighted by Gasteiger charge is -2.09. The van der Waals surface area contributed by atoms with Gasteiger partial charge in [-0.15, -0.1) is 23.1 Å². The molecule has 0 aliphatic carbocycles. The summed E-state index contributed by atoms with van der Waals surface area (Å²) < 4.78 is 0.584. The molecule has 0 radical (unpaired) electrons. The van der Waals surface area contributed by atoms with Crippen LogP contribution in [0, 0.1) is 0 Å². The Morgan fingerprint density at radius 3 is 2.59 bits per heavy atom. The van der Waals surface area contributed by atoms with Crippen molar-refractivity contribution in [2.75, 3.05) is 11.6 Å². The van der Waals surface area contributed by atoms with Crippen molar-refractivity contribution in [2.45, 2.75) is 11.4 Å². The third kappa shape index (κ3) is 3.64. The van der Waals surface area contributed by atoms with Crippen molar-refractivity contribution >= 4 is 40.4 Å². The Labute approximate surface area is 143 Å². The zero-order valence-electron chi connectivity index (χ0n) is 12.0. The van der Waals surface area contributed by atoms with Crippen LogP contribution in [0.3, 0.4) is 0 Å². The Hall–Kier alpha value is -1.49. The highest BCUT2D eigenvalue weighted by Crippen LogP contribution is 2.30. The van der Waals surface area contributed by atoms with Crippen LogP contribution in [-0.2, 0) is 6.54 Å². The first-order valence-corrected chi connectivity index (χ1v) is 9.26. The molecule has 1 aromatic heterocycles. The van der Waals surface area contributed by atoms with Gasteiger partial charge in [-0.2, -0.15) is 0 Å². The molecule has 0 spiro atoms. The van der Waals surface area contributed by atoms with Crippen LogP contribution < -0.4 is 5.32 Å². The maximum atomic E-state index is 5.84. The van der Waals surface area contributed by atoms with Gasteiger partial charge in [-0.1, -0.05) is 41.9 Å². The fourth-order valence-corrected chi connectivity index (χ4v) is 3.74. The number of thiazole rings is 1. The van der Waals surface area contributed by atoms with Crippen molar-refractivity contribution in [3.8, 4) is 11.1 Å². The molecule has 5 heteroatoms. The first-order valence-electron chi connectivity index (χ1n) is 6.84. The third-order valence-electron chi connectivity index (χ3n) is 3.29. The molecule has 0 bridgehead atoms. The minimum Gasteiger partial charge on any atom is -0.380 e. The highest BCUT2D eigenvalue weighted by Gasteiger charge is 2.04. The molecule has 0 aliphatic heterocycles. The quantitative estimate of drug-likeness (QED) is 0.591. The van der Waals surface area contributed by atoms with Gasteiger partial charge in [0, 0.05) is 21.7 Å². The fraction of sp³-hybridized carbons (Fsp3) is 0.118. The molecule has 0 aliphatic rings. The molecule has 1 heterocycles. The lowest BCUT2D eigenvalue weighted by molar-refractivity contribution is 1.17. The molecule has 0 unspecified atom stereocenters. The molecular formula is C17H15ClN2S2. The van der Waals surface area contributed by atoms with Gasteiger partial charge >= 0.3 is 0 Å². The summed E-state index contributed by atoms with van der Waals surface area (Å²) >= 11 is 9.11. The molecule has 0 fully saturated rings. The summed E-state index contributed by atoms with van der Waals surface area (Å²) in [5.74, 6) is 0. The second-order valence-corrected chi connectivity index (χ2v) is 7.26. The van der Waals surface area contributed by atoms with Gasteiger partial charge in [-0.25, -0.2) is 4.98 Å². The Kier molecular flexibility index (Phi) is 5.03. The predicted molar refractivity (Wildman–Crippen MR) is 98.1 cm³/mol. The van der Waals surface area contributed by atoms with Crippen molar-refractivity contribution in [3.05, 3.63) is 64.1 Å². The van der Waals surface area contributed by atoms with E-state index in [9.17, 15) is 0 Å². The third-order valence-corrected chi connectivity index (χ3v) is 5.21. The summed E-state index contributed by atoms with van der Waals surface area (Å²) in [4.78, 5) is 6.46. The van der Waals surface area contributed by atoms with Crippen LogP contribution in [0.5, 0.6) is 0 Å². The fourth-order valence-electron chi connectivity index (χ4n) is 2.21. The lowest BCUT2D eigenvalue weighted by Crippen LogP contribution is -1.97. The van der Waals surface area contributed by atoms with Crippen LogP contribution in [0.1, 0.15) is 4.88 Å². The number of nitrogens with one attached hydrogen (secondary N) is 1. The number of halogens is 1. The summed E-state index contributed by atoms with van der Waals surface area (Å²) in [5.41, 5.74) is 3.60. The van der Waals surface area contributed by atoms with E-state index in [1.807, 2.05) is 6.20 Å². The van der Waals surface area contributed by atoms with E-state index in [0.717, 1.165) is 17.1 Å². The van der Waals surface area contributed by atoms with Crippen molar-refractivity contribution < 1.29 is 0 Å². The molecule has 3 aromatic rings. The van der Waals surface area contributed by atoms with Gasteiger partial charge in [0.2, 0.25) is 0 Å². The molecule has 2 nitrogen and oxygen atoms in total. The van der Waals surface area contributed by atoms with Gasteiger partial charge in [-0.05, 0) is 35.6 Å². The average molecular weight is 347 g/mol. The van der Waals surface area contributed by atoms with Crippen LogP contribution in [-0.4, -0.2) is 11.2 Å². The first kappa shape index (κ1) is 15.4. The molecule has 3 rings (SSSR count). The standard InChI is InChI=1S/C17H15ClN2S2/c1-21-16-5-3-2-4-15(16)12-6-8-13(9-7-12)19-10-14-11-20-17(18)22-14/h2-9,11,19H,10H2,1H3. The van der Waals surface area contributed by atoms with E-state index in [-0.39, 0.29) is 0 Å². The van der Waals surface area contributed by atoms with Crippen LogP contribution in [0.4, 0.5) is 5.69 Å². The van der Waals surface area contributed by atoms with E-state index < -0.39 is 0 Å². The van der Waals surface area contributed by atoms with Crippen molar-refractivity contribution in [3.63, 3.8) is 0 Å². The van der Waals surface area contributed by atoms with E-state index in [1.165, 1.54) is 27.4 Å². The van der Waals surface area contributed by atoms with Crippen LogP contribution in [0.2, 0.25) is 4.47 Å². The summed E-state index contributed by atoms with van der Waals surface area (Å²) in [6.45, 7) is 0.741. The molecule has 2 aromatic carbocycles. The minimum atomic E-state index is 0.584.